The number of hydrogen-bond donors (Lipinski definition) is 1. The number of hydrogen-bond acceptors (Lipinski definition) is 2. The summed E-state index contributed by atoms with van der Waals surface area (Å²) in [6.07, 6.45) is 0. The first-order chi connectivity index (χ1) is 6.49. The van der Waals surface area contributed by atoms with Gasteiger partial charge in [0.2, 0.25) is 0 Å². The quantitative estimate of drug-likeness (QED) is 0.820. The van der Waals surface area contributed by atoms with Crippen LogP contribution in [0.1, 0.15) is 29.7 Å². The van der Waals surface area contributed by atoms with Gasteiger partial charge in [-0.2, -0.15) is 0 Å². The van der Waals surface area contributed by atoms with E-state index in [-0.39, 0.29) is 6.04 Å². The highest BCUT2D eigenvalue weighted by Gasteiger charge is 2.16. The Bertz CT molecular complexity index is 348. The summed E-state index contributed by atoms with van der Waals surface area (Å²) in [4.78, 5) is 0. The molecule has 0 bridgehead atoms. The van der Waals surface area contributed by atoms with Crippen LogP contribution >= 0.6 is 11.6 Å². The van der Waals surface area contributed by atoms with Crippen LogP contribution in [0.4, 0.5) is 0 Å². The lowest BCUT2D eigenvalue weighted by Gasteiger charge is -2.17. The van der Waals surface area contributed by atoms with Crippen LogP contribution in [0.2, 0.25) is 5.02 Å². The van der Waals surface area contributed by atoms with Gasteiger partial charge in [-0.1, -0.05) is 17.7 Å². The first kappa shape index (κ1) is 11.3. The van der Waals surface area contributed by atoms with E-state index in [1.165, 1.54) is 0 Å². The number of benzene rings is 1. The molecule has 0 saturated carbocycles. The Morgan fingerprint density at radius 2 is 1.93 bits per heavy atom. The van der Waals surface area contributed by atoms with Gasteiger partial charge in [-0.3, -0.25) is 0 Å². The standard InChI is InChI=1S/C11H16ClNO/c1-6-5-7(2)10(12)11(14-4)9(6)8(3)13/h5,8H,13H2,1-4H3. The van der Waals surface area contributed by atoms with Gasteiger partial charge < -0.3 is 10.5 Å². The van der Waals surface area contributed by atoms with Crippen LogP contribution in [-0.4, -0.2) is 7.11 Å². The summed E-state index contributed by atoms with van der Waals surface area (Å²) in [5.41, 5.74) is 9.00. The van der Waals surface area contributed by atoms with Crippen molar-refractivity contribution in [3.63, 3.8) is 0 Å². The van der Waals surface area contributed by atoms with Gasteiger partial charge in [0.25, 0.3) is 0 Å². The molecule has 78 valence electrons. The molecule has 0 saturated heterocycles. The molecule has 2 nitrogen and oxygen atoms in total. The van der Waals surface area contributed by atoms with Crippen molar-refractivity contribution in [1.82, 2.24) is 0 Å². The zero-order valence-corrected chi connectivity index (χ0v) is 9.77. The topological polar surface area (TPSA) is 35.2 Å². The zero-order chi connectivity index (χ0) is 10.9. The number of aryl methyl sites for hydroxylation is 2. The molecule has 0 amide bonds. The van der Waals surface area contributed by atoms with Gasteiger partial charge >= 0.3 is 0 Å². The van der Waals surface area contributed by atoms with Crippen LogP contribution in [0.5, 0.6) is 5.75 Å². The third-order valence-electron chi connectivity index (χ3n) is 2.31. The summed E-state index contributed by atoms with van der Waals surface area (Å²) in [5.74, 6) is 0.708. The smallest absolute Gasteiger partial charge is 0.142 e. The Morgan fingerprint density at radius 1 is 1.36 bits per heavy atom. The molecule has 0 aliphatic rings. The van der Waals surface area contributed by atoms with Crippen molar-refractivity contribution >= 4 is 11.6 Å². The Morgan fingerprint density at radius 3 is 2.36 bits per heavy atom. The third kappa shape index (κ3) is 1.86. The van der Waals surface area contributed by atoms with Crippen LogP contribution in [0.15, 0.2) is 6.07 Å². The SMILES string of the molecule is COc1c(Cl)c(C)cc(C)c1C(C)N. The molecule has 0 fully saturated rings. The van der Waals surface area contributed by atoms with Gasteiger partial charge in [0.05, 0.1) is 12.1 Å². The highest BCUT2D eigenvalue weighted by Crippen LogP contribution is 2.36. The number of rotatable bonds is 2. The van der Waals surface area contributed by atoms with Crippen molar-refractivity contribution in [2.75, 3.05) is 7.11 Å². The van der Waals surface area contributed by atoms with Gasteiger partial charge in [0.1, 0.15) is 5.75 Å². The zero-order valence-electron chi connectivity index (χ0n) is 9.02. The monoisotopic (exact) mass is 213 g/mol. The van der Waals surface area contributed by atoms with Crippen LogP contribution in [0, 0.1) is 13.8 Å². The van der Waals surface area contributed by atoms with E-state index in [0.717, 1.165) is 16.7 Å². The fraction of sp³-hybridized carbons (Fsp3) is 0.455. The Labute approximate surface area is 90.0 Å². The average molecular weight is 214 g/mol. The number of methoxy groups -OCH3 is 1. The van der Waals surface area contributed by atoms with Gasteiger partial charge in [0.15, 0.2) is 0 Å². The molecule has 0 heterocycles. The number of halogens is 1. The minimum absolute atomic E-state index is 0.0666. The van der Waals surface area contributed by atoms with E-state index in [1.807, 2.05) is 26.8 Å². The van der Waals surface area contributed by atoms with Gasteiger partial charge in [0, 0.05) is 11.6 Å². The van der Waals surface area contributed by atoms with Crippen molar-refractivity contribution in [1.29, 1.82) is 0 Å². The van der Waals surface area contributed by atoms with E-state index in [1.54, 1.807) is 7.11 Å². The van der Waals surface area contributed by atoms with Crippen molar-refractivity contribution in [3.8, 4) is 5.75 Å². The summed E-state index contributed by atoms with van der Waals surface area (Å²) < 4.78 is 5.29. The molecule has 14 heavy (non-hydrogen) atoms. The Balaban J connectivity index is 3.47. The fourth-order valence-electron chi connectivity index (χ4n) is 1.71. The van der Waals surface area contributed by atoms with Crippen LogP contribution in [0.25, 0.3) is 0 Å². The Hall–Kier alpha value is -0.730. The summed E-state index contributed by atoms with van der Waals surface area (Å²) in [6, 6.07) is 1.96. The molecule has 0 aliphatic heterocycles. The summed E-state index contributed by atoms with van der Waals surface area (Å²) in [6.45, 7) is 5.91. The second kappa shape index (κ2) is 4.20. The predicted octanol–water partition coefficient (Wildman–Crippen LogP) is 2.99. The van der Waals surface area contributed by atoms with E-state index in [9.17, 15) is 0 Å². The van der Waals surface area contributed by atoms with E-state index < -0.39 is 0 Å². The van der Waals surface area contributed by atoms with Crippen LogP contribution in [-0.2, 0) is 0 Å². The van der Waals surface area contributed by atoms with E-state index in [4.69, 9.17) is 22.1 Å². The predicted molar refractivity (Wildman–Crippen MR) is 60.1 cm³/mol. The summed E-state index contributed by atoms with van der Waals surface area (Å²) in [7, 11) is 1.62. The molecule has 1 rings (SSSR count). The highest BCUT2D eigenvalue weighted by atomic mass is 35.5. The van der Waals surface area contributed by atoms with Crippen molar-refractivity contribution in [2.24, 2.45) is 5.73 Å². The third-order valence-corrected chi connectivity index (χ3v) is 2.78. The molecule has 0 spiro atoms. The Kier molecular flexibility index (Phi) is 3.40. The largest absolute Gasteiger partial charge is 0.495 e. The van der Waals surface area contributed by atoms with E-state index in [2.05, 4.69) is 0 Å². The molecule has 3 heteroatoms. The molecule has 2 N–H and O–H groups in total. The fourth-order valence-corrected chi connectivity index (χ4v) is 1.94. The maximum absolute atomic E-state index is 6.13. The summed E-state index contributed by atoms with van der Waals surface area (Å²) in [5, 5.41) is 0.658. The van der Waals surface area contributed by atoms with Gasteiger partial charge in [-0.05, 0) is 31.9 Å². The maximum atomic E-state index is 6.13. The summed E-state index contributed by atoms with van der Waals surface area (Å²) >= 11 is 6.13. The van der Waals surface area contributed by atoms with Crippen molar-refractivity contribution < 1.29 is 4.74 Å². The average Bonchev–Trinajstić information content (AvgIpc) is 2.09. The molecular formula is C11H16ClNO. The lowest BCUT2D eigenvalue weighted by atomic mass is 9.99. The maximum Gasteiger partial charge on any atom is 0.142 e. The van der Waals surface area contributed by atoms with Crippen molar-refractivity contribution in [2.45, 2.75) is 26.8 Å². The second-order valence-electron chi connectivity index (χ2n) is 3.56. The van der Waals surface area contributed by atoms with Crippen LogP contribution in [0.3, 0.4) is 0 Å². The van der Waals surface area contributed by atoms with E-state index in [0.29, 0.717) is 10.8 Å². The second-order valence-corrected chi connectivity index (χ2v) is 3.94. The molecule has 1 aromatic rings. The van der Waals surface area contributed by atoms with E-state index >= 15 is 0 Å². The van der Waals surface area contributed by atoms with Gasteiger partial charge in [-0.15, -0.1) is 0 Å². The molecule has 0 radical (unpaired) electrons. The molecule has 0 aliphatic carbocycles. The molecule has 0 aromatic heterocycles. The molecular weight excluding hydrogens is 198 g/mol. The van der Waals surface area contributed by atoms with Gasteiger partial charge in [-0.25, -0.2) is 0 Å². The molecule has 1 atom stereocenters. The first-order valence-electron chi connectivity index (χ1n) is 4.58. The number of nitrogens with two attached hydrogens (primary N) is 1. The minimum atomic E-state index is -0.0666. The first-order valence-corrected chi connectivity index (χ1v) is 4.96. The number of ether oxygens (including phenoxy) is 1. The molecule has 1 unspecified atom stereocenters. The minimum Gasteiger partial charge on any atom is -0.495 e. The molecule has 1 aromatic carbocycles. The highest BCUT2D eigenvalue weighted by molar-refractivity contribution is 6.33. The normalized spacial score (nSPS) is 12.7. The lowest BCUT2D eigenvalue weighted by Crippen LogP contribution is -2.09. The van der Waals surface area contributed by atoms with Crippen molar-refractivity contribution in [3.05, 3.63) is 27.8 Å². The van der Waals surface area contributed by atoms with Crippen LogP contribution < -0.4 is 10.5 Å². The lowest BCUT2D eigenvalue weighted by molar-refractivity contribution is 0.406.